The summed E-state index contributed by atoms with van der Waals surface area (Å²) in [5, 5.41) is 4.56. The molecule has 1 amide bonds. The third-order valence-electron chi connectivity index (χ3n) is 4.18. The van der Waals surface area contributed by atoms with Gasteiger partial charge in [-0.05, 0) is 53.6 Å². The van der Waals surface area contributed by atoms with E-state index in [4.69, 9.17) is 9.47 Å². The van der Waals surface area contributed by atoms with Crippen molar-refractivity contribution in [1.29, 1.82) is 0 Å². The fraction of sp³-hybridized carbons (Fsp3) is 0.182. The molecule has 3 aromatic carbocycles. The molecule has 0 aliphatic carbocycles. The predicted octanol–water partition coefficient (Wildman–Crippen LogP) is 5.57. The first kappa shape index (κ1) is 19.9. The Hall–Kier alpha value is -2.86. The molecule has 1 N–H and O–H groups in total. The molecule has 0 saturated heterocycles. The largest absolute Gasteiger partial charge is 0.495 e. The Balaban J connectivity index is 2.02. The fourth-order valence-corrected chi connectivity index (χ4v) is 3.20. The Morgan fingerprint density at radius 2 is 1.79 bits per heavy atom. The number of fused-ring (bicyclic) bond motifs is 1. The van der Waals surface area contributed by atoms with E-state index in [1.807, 2.05) is 31.2 Å². The summed E-state index contributed by atoms with van der Waals surface area (Å²) in [4.78, 5) is 25.1. The number of carbonyl (C=O) groups excluding carboxylic acids is 2. The van der Waals surface area contributed by atoms with Crippen molar-refractivity contribution in [2.45, 2.75) is 19.8 Å². The summed E-state index contributed by atoms with van der Waals surface area (Å²) in [7, 11) is 1.54. The number of methoxy groups -OCH3 is 1. The molecule has 144 valence electrons. The van der Waals surface area contributed by atoms with Crippen molar-refractivity contribution in [1.82, 2.24) is 0 Å². The summed E-state index contributed by atoms with van der Waals surface area (Å²) in [5.41, 5.74) is 0.816. The lowest BCUT2D eigenvalue weighted by Crippen LogP contribution is -2.16. The second kappa shape index (κ2) is 8.89. The Morgan fingerprint density at radius 3 is 2.54 bits per heavy atom. The summed E-state index contributed by atoms with van der Waals surface area (Å²) in [6.07, 6.45) is 0.952. The number of rotatable bonds is 6. The van der Waals surface area contributed by atoms with E-state index in [0.717, 1.165) is 15.2 Å². The second-order valence-corrected chi connectivity index (χ2v) is 7.13. The summed E-state index contributed by atoms with van der Waals surface area (Å²) in [6, 6.07) is 16.3. The monoisotopic (exact) mass is 441 g/mol. The Morgan fingerprint density at radius 1 is 1.00 bits per heavy atom. The van der Waals surface area contributed by atoms with E-state index in [9.17, 15) is 9.59 Å². The van der Waals surface area contributed by atoms with Crippen LogP contribution in [-0.2, 0) is 4.79 Å². The van der Waals surface area contributed by atoms with Gasteiger partial charge in [0, 0.05) is 10.9 Å². The lowest BCUT2D eigenvalue weighted by atomic mass is 10.0. The minimum Gasteiger partial charge on any atom is -0.495 e. The number of amides is 1. The standard InChI is InChI=1S/C22H20BrNO4/c1-3-6-21(25)28-20-13-14-9-10-16(23)11-15(14)12-17(20)22(26)24-18-7-4-5-8-19(18)27-2/h4-5,7-13H,3,6H2,1-2H3,(H,24,26). The Kier molecular flexibility index (Phi) is 6.31. The average Bonchev–Trinajstić information content (AvgIpc) is 2.68. The first-order valence-corrected chi connectivity index (χ1v) is 9.69. The highest BCUT2D eigenvalue weighted by molar-refractivity contribution is 9.10. The van der Waals surface area contributed by atoms with Gasteiger partial charge in [0.05, 0.1) is 18.4 Å². The summed E-state index contributed by atoms with van der Waals surface area (Å²) in [5.74, 6) is 0.0283. The SMILES string of the molecule is CCCC(=O)Oc1cc2ccc(Br)cc2cc1C(=O)Nc1ccccc1OC. The number of anilines is 1. The zero-order chi connectivity index (χ0) is 20.1. The van der Waals surface area contributed by atoms with Gasteiger partial charge in [-0.25, -0.2) is 0 Å². The van der Waals surface area contributed by atoms with Crippen molar-refractivity contribution in [3.63, 3.8) is 0 Å². The summed E-state index contributed by atoms with van der Waals surface area (Å²) >= 11 is 3.44. The molecule has 0 aliphatic rings. The maximum Gasteiger partial charge on any atom is 0.311 e. The van der Waals surface area contributed by atoms with Crippen molar-refractivity contribution < 1.29 is 19.1 Å². The molecule has 0 radical (unpaired) electrons. The van der Waals surface area contributed by atoms with Crippen LogP contribution in [0.5, 0.6) is 11.5 Å². The molecule has 0 aromatic heterocycles. The van der Waals surface area contributed by atoms with Crippen LogP contribution in [0.4, 0.5) is 5.69 Å². The van der Waals surface area contributed by atoms with Gasteiger partial charge in [-0.2, -0.15) is 0 Å². The first-order valence-electron chi connectivity index (χ1n) is 8.90. The summed E-state index contributed by atoms with van der Waals surface area (Å²) in [6.45, 7) is 1.90. The summed E-state index contributed by atoms with van der Waals surface area (Å²) < 4.78 is 11.7. The molecule has 0 unspecified atom stereocenters. The van der Waals surface area contributed by atoms with Gasteiger partial charge in [0.15, 0.2) is 0 Å². The molecule has 0 saturated carbocycles. The minimum absolute atomic E-state index is 0.237. The van der Waals surface area contributed by atoms with E-state index < -0.39 is 0 Å². The van der Waals surface area contributed by atoms with E-state index in [0.29, 0.717) is 17.9 Å². The van der Waals surface area contributed by atoms with Gasteiger partial charge in [0.1, 0.15) is 11.5 Å². The molecule has 0 heterocycles. The van der Waals surface area contributed by atoms with Crippen LogP contribution >= 0.6 is 15.9 Å². The number of esters is 1. The number of benzene rings is 3. The molecular formula is C22H20BrNO4. The van der Waals surface area contributed by atoms with Crippen LogP contribution in [0.25, 0.3) is 10.8 Å². The van der Waals surface area contributed by atoms with E-state index in [1.54, 1.807) is 30.3 Å². The molecule has 5 nitrogen and oxygen atoms in total. The zero-order valence-electron chi connectivity index (χ0n) is 15.6. The van der Waals surface area contributed by atoms with Gasteiger partial charge in [-0.3, -0.25) is 9.59 Å². The number of ether oxygens (including phenoxy) is 2. The highest BCUT2D eigenvalue weighted by Gasteiger charge is 2.18. The third kappa shape index (κ3) is 4.51. The lowest BCUT2D eigenvalue weighted by molar-refractivity contribution is -0.134. The van der Waals surface area contributed by atoms with Crippen molar-refractivity contribution in [3.8, 4) is 11.5 Å². The van der Waals surface area contributed by atoms with Gasteiger partial charge in [0.2, 0.25) is 0 Å². The smallest absolute Gasteiger partial charge is 0.311 e. The van der Waals surface area contributed by atoms with Crippen molar-refractivity contribution in [3.05, 3.63) is 64.6 Å². The van der Waals surface area contributed by atoms with Crippen molar-refractivity contribution in [2.75, 3.05) is 12.4 Å². The van der Waals surface area contributed by atoms with Crippen LogP contribution < -0.4 is 14.8 Å². The molecule has 6 heteroatoms. The predicted molar refractivity (Wildman–Crippen MR) is 113 cm³/mol. The lowest BCUT2D eigenvalue weighted by Gasteiger charge is -2.14. The Labute approximate surface area is 171 Å². The minimum atomic E-state index is -0.384. The van der Waals surface area contributed by atoms with E-state index in [2.05, 4.69) is 21.2 Å². The van der Waals surface area contributed by atoms with Gasteiger partial charge in [0.25, 0.3) is 5.91 Å². The van der Waals surface area contributed by atoms with Crippen LogP contribution in [0.15, 0.2) is 59.1 Å². The third-order valence-corrected chi connectivity index (χ3v) is 4.67. The first-order chi connectivity index (χ1) is 13.5. The van der Waals surface area contributed by atoms with E-state index in [1.165, 1.54) is 7.11 Å². The normalized spacial score (nSPS) is 10.5. The maximum atomic E-state index is 13.0. The number of nitrogens with one attached hydrogen (secondary N) is 1. The molecule has 0 spiro atoms. The Bertz CT molecular complexity index is 1030. The van der Waals surface area contributed by atoms with Gasteiger partial charge in [-0.15, -0.1) is 0 Å². The molecule has 3 aromatic rings. The van der Waals surface area contributed by atoms with Crippen LogP contribution in [-0.4, -0.2) is 19.0 Å². The number of hydrogen-bond acceptors (Lipinski definition) is 4. The molecule has 0 fully saturated rings. The van der Waals surface area contributed by atoms with Crippen LogP contribution in [0.1, 0.15) is 30.1 Å². The number of para-hydroxylation sites is 2. The zero-order valence-corrected chi connectivity index (χ0v) is 17.2. The molecule has 28 heavy (non-hydrogen) atoms. The van der Waals surface area contributed by atoms with Crippen molar-refractivity contribution in [2.24, 2.45) is 0 Å². The molecule has 0 bridgehead atoms. The molecule has 0 atom stereocenters. The van der Waals surface area contributed by atoms with Gasteiger partial charge < -0.3 is 14.8 Å². The second-order valence-electron chi connectivity index (χ2n) is 6.22. The van der Waals surface area contributed by atoms with E-state index >= 15 is 0 Å². The van der Waals surface area contributed by atoms with Gasteiger partial charge in [-0.1, -0.05) is 41.1 Å². The molecule has 3 rings (SSSR count). The molecular weight excluding hydrogens is 422 g/mol. The fourth-order valence-electron chi connectivity index (χ4n) is 2.82. The van der Waals surface area contributed by atoms with Crippen LogP contribution in [0.3, 0.4) is 0 Å². The average molecular weight is 442 g/mol. The topological polar surface area (TPSA) is 64.6 Å². The molecule has 0 aliphatic heterocycles. The maximum absolute atomic E-state index is 13.0. The van der Waals surface area contributed by atoms with Crippen molar-refractivity contribution >= 4 is 44.3 Å². The van der Waals surface area contributed by atoms with Crippen LogP contribution in [0, 0.1) is 0 Å². The van der Waals surface area contributed by atoms with Gasteiger partial charge >= 0.3 is 5.97 Å². The van der Waals surface area contributed by atoms with E-state index in [-0.39, 0.29) is 29.6 Å². The highest BCUT2D eigenvalue weighted by atomic mass is 79.9. The number of hydrogen-bond donors (Lipinski definition) is 1. The van der Waals surface area contributed by atoms with Crippen LogP contribution in [0.2, 0.25) is 0 Å². The quantitative estimate of drug-likeness (QED) is 0.401. The highest BCUT2D eigenvalue weighted by Crippen LogP contribution is 2.31. The number of carbonyl (C=O) groups is 2. The number of halogens is 1.